The summed E-state index contributed by atoms with van der Waals surface area (Å²) in [7, 11) is 1.31. The van der Waals surface area contributed by atoms with E-state index in [-0.39, 0.29) is 5.91 Å². The third-order valence-electron chi connectivity index (χ3n) is 2.72. The second-order valence-electron chi connectivity index (χ2n) is 3.74. The fraction of sp³-hybridized carbons (Fsp3) is 0.231. The monoisotopic (exact) mass is 231 g/mol. The van der Waals surface area contributed by atoms with Crippen LogP contribution in [0.3, 0.4) is 0 Å². The van der Waals surface area contributed by atoms with Crippen molar-refractivity contribution in [2.24, 2.45) is 0 Å². The fourth-order valence-electron chi connectivity index (χ4n) is 1.81. The Morgan fingerprint density at radius 2 is 2.18 bits per heavy atom. The maximum Gasteiger partial charge on any atom is 0.331 e. The van der Waals surface area contributed by atoms with Gasteiger partial charge < -0.3 is 9.64 Å². The molecule has 4 heteroatoms. The van der Waals surface area contributed by atoms with Gasteiger partial charge in [0.05, 0.1) is 7.11 Å². The normalized spacial score (nSPS) is 14.9. The minimum absolute atomic E-state index is 0.0768. The number of nitrogens with zero attached hydrogens (tertiary/aromatic N) is 1. The molecule has 0 saturated carbocycles. The molecule has 17 heavy (non-hydrogen) atoms. The minimum atomic E-state index is -0.461. The zero-order chi connectivity index (χ0) is 12.3. The van der Waals surface area contributed by atoms with E-state index in [2.05, 4.69) is 4.74 Å². The van der Waals surface area contributed by atoms with Crippen LogP contribution in [0.1, 0.15) is 15.9 Å². The van der Waals surface area contributed by atoms with E-state index in [1.54, 1.807) is 6.07 Å². The van der Waals surface area contributed by atoms with Crippen molar-refractivity contribution in [3.05, 3.63) is 47.7 Å². The van der Waals surface area contributed by atoms with Crippen LogP contribution in [0.2, 0.25) is 0 Å². The predicted octanol–water partition coefficient (Wildman–Crippen LogP) is 1.37. The molecular formula is C13H13NO3. The lowest BCUT2D eigenvalue weighted by Crippen LogP contribution is -2.33. The van der Waals surface area contributed by atoms with Crippen molar-refractivity contribution in [2.45, 2.75) is 6.42 Å². The van der Waals surface area contributed by atoms with Gasteiger partial charge in [0.25, 0.3) is 5.91 Å². The second-order valence-corrected chi connectivity index (χ2v) is 3.74. The summed E-state index contributed by atoms with van der Waals surface area (Å²) in [5.74, 6) is -0.538. The molecule has 4 nitrogen and oxygen atoms in total. The number of hydrogen-bond acceptors (Lipinski definition) is 3. The van der Waals surface area contributed by atoms with Crippen molar-refractivity contribution in [2.75, 3.05) is 13.7 Å². The van der Waals surface area contributed by atoms with Crippen molar-refractivity contribution < 1.29 is 14.3 Å². The van der Waals surface area contributed by atoms with Gasteiger partial charge in [-0.25, -0.2) is 4.79 Å². The Kier molecular flexibility index (Phi) is 3.23. The summed E-state index contributed by atoms with van der Waals surface area (Å²) in [6.45, 7) is 0.587. The van der Waals surface area contributed by atoms with Crippen LogP contribution in [0.15, 0.2) is 36.5 Å². The number of rotatable bonds is 2. The molecule has 1 heterocycles. The standard InChI is InChI=1S/C13H13NO3/c1-17-12(15)7-9-14-8-6-10-4-2-3-5-11(10)13(14)16/h2-5,7,9H,6,8H2,1H3/b9-7+. The molecule has 0 aliphatic carbocycles. The molecule has 1 aliphatic rings. The zero-order valence-electron chi connectivity index (χ0n) is 9.55. The summed E-state index contributed by atoms with van der Waals surface area (Å²) < 4.78 is 4.48. The van der Waals surface area contributed by atoms with E-state index in [0.717, 1.165) is 12.0 Å². The lowest BCUT2D eigenvalue weighted by atomic mass is 9.99. The van der Waals surface area contributed by atoms with E-state index < -0.39 is 5.97 Å². The van der Waals surface area contributed by atoms with Gasteiger partial charge in [-0.15, -0.1) is 0 Å². The summed E-state index contributed by atoms with van der Waals surface area (Å²) >= 11 is 0. The first-order valence-electron chi connectivity index (χ1n) is 5.37. The zero-order valence-corrected chi connectivity index (χ0v) is 9.55. The van der Waals surface area contributed by atoms with E-state index in [1.807, 2.05) is 18.2 Å². The van der Waals surface area contributed by atoms with Gasteiger partial charge >= 0.3 is 5.97 Å². The first-order valence-corrected chi connectivity index (χ1v) is 5.37. The largest absolute Gasteiger partial charge is 0.466 e. The highest BCUT2D eigenvalue weighted by molar-refractivity contribution is 5.97. The lowest BCUT2D eigenvalue weighted by Gasteiger charge is -2.25. The summed E-state index contributed by atoms with van der Waals surface area (Å²) in [6.07, 6.45) is 3.53. The van der Waals surface area contributed by atoms with Gasteiger partial charge in [-0.3, -0.25) is 4.79 Å². The predicted molar refractivity (Wildman–Crippen MR) is 62.3 cm³/mol. The molecule has 0 bridgehead atoms. The highest BCUT2D eigenvalue weighted by Crippen LogP contribution is 2.18. The number of esters is 1. The van der Waals surface area contributed by atoms with Crippen molar-refractivity contribution in [1.29, 1.82) is 0 Å². The number of carbonyl (C=O) groups excluding carboxylic acids is 2. The molecule has 2 rings (SSSR count). The van der Waals surface area contributed by atoms with Crippen LogP contribution in [-0.2, 0) is 16.0 Å². The SMILES string of the molecule is COC(=O)/C=C/N1CCc2ccccc2C1=O. The second kappa shape index (κ2) is 4.82. The Balaban J connectivity index is 2.18. The van der Waals surface area contributed by atoms with Crippen molar-refractivity contribution in [3.8, 4) is 0 Å². The summed E-state index contributed by atoms with van der Waals surface area (Å²) in [5.41, 5.74) is 1.76. The van der Waals surface area contributed by atoms with Gasteiger partial charge in [-0.05, 0) is 18.1 Å². The smallest absolute Gasteiger partial charge is 0.331 e. The number of benzene rings is 1. The first-order chi connectivity index (χ1) is 8.22. The number of hydrogen-bond donors (Lipinski definition) is 0. The van der Waals surface area contributed by atoms with Gasteiger partial charge in [0.2, 0.25) is 0 Å². The molecule has 0 N–H and O–H groups in total. The molecule has 0 spiro atoms. The first kappa shape index (κ1) is 11.4. The summed E-state index contributed by atoms with van der Waals surface area (Å²) in [5, 5.41) is 0. The quantitative estimate of drug-likeness (QED) is 0.570. The van der Waals surface area contributed by atoms with Gasteiger partial charge in [-0.1, -0.05) is 18.2 Å². The average Bonchev–Trinajstić information content (AvgIpc) is 2.38. The van der Waals surface area contributed by atoms with Crippen molar-refractivity contribution in [1.82, 2.24) is 4.90 Å². The highest BCUT2D eigenvalue weighted by atomic mass is 16.5. The maximum atomic E-state index is 12.0. The van der Waals surface area contributed by atoms with E-state index in [4.69, 9.17) is 0 Å². The van der Waals surface area contributed by atoms with Crippen LogP contribution in [0.4, 0.5) is 0 Å². The van der Waals surface area contributed by atoms with Gasteiger partial charge in [0.1, 0.15) is 0 Å². The Hall–Kier alpha value is -2.10. The summed E-state index contributed by atoms with van der Waals surface area (Å²) in [6, 6.07) is 7.51. The van der Waals surface area contributed by atoms with Crippen molar-refractivity contribution >= 4 is 11.9 Å². The number of carbonyl (C=O) groups is 2. The molecule has 88 valence electrons. The Bertz CT molecular complexity index is 479. The Labute approximate surface area is 99.5 Å². The van der Waals surface area contributed by atoms with Crippen LogP contribution in [0, 0.1) is 0 Å². The molecule has 0 fully saturated rings. The van der Waals surface area contributed by atoms with E-state index >= 15 is 0 Å². The van der Waals surface area contributed by atoms with Crippen molar-refractivity contribution in [3.63, 3.8) is 0 Å². The number of amides is 1. The van der Waals surface area contributed by atoms with Crippen LogP contribution in [0.25, 0.3) is 0 Å². The van der Waals surface area contributed by atoms with E-state index in [9.17, 15) is 9.59 Å². The van der Waals surface area contributed by atoms with E-state index in [0.29, 0.717) is 12.1 Å². The lowest BCUT2D eigenvalue weighted by molar-refractivity contribution is -0.134. The fourth-order valence-corrected chi connectivity index (χ4v) is 1.81. The van der Waals surface area contributed by atoms with Crippen LogP contribution >= 0.6 is 0 Å². The van der Waals surface area contributed by atoms with Gasteiger partial charge in [0.15, 0.2) is 0 Å². The van der Waals surface area contributed by atoms with Crippen LogP contribution in [0.5, 0.6) is 0 Å². The van der Waals surface area contributed by atoms with Gasteiger partial charge in [-0.2, -0.15) is 0 Å². The molecule has 0 atom stereocenters. The van der Waals surface area contributed by atoms with Crippen LogP contribution in [-0.4, -0.2) is 30.4 Å². The Morgan fingerprint density at radius 1 is 1.41 bits per heavy atom. The number of ether oxygens (including phenoxy) is 1. The summed E-state index contributed by atoms with van der Waals surface area (Å²) in [4.78, 5) is 24.5. The van der Waals surface area contributed by atoms with Gasteiger partial charge in [0, 0.05) is 24.4 Å². The van der Waals surface area contributed by atoms with Crippen LogP contribution < -0.4 is 0 Å². The molecule has 0 unspecified atom stereocenters. The number of fused-ring (bicyclic) bond motifs is 1. The molecule has 1 aliphatic heterocycles. The number of methoxy groups -OCH3 is 1. The highest BCUT2D eigenvalue weighted by Gasteiger charge is 2.21. The maximum absolute atomic E-state index is 12.0. The molecule has 0 aromatic heterocycles. The average molecular weight is 231 g/mol. The molecular weight excluding hydrogens is 218 g/mol. The topological polar surface area (TPSA) is 46.6 Å². The minimum Gasteiger partial charge on any atom is -0.466 e. The third kappa shape index (κ3) is 2.36. The molecule has 1 aromatic carbocycles. The molecule has 0 saturated heterocycles. The van der Waals surface area contributed by atoms with E-state index in [1.165, 1.54) is 24.3 Å². The molecule has 1 aromatic rings. The molecule has 0 radical (unpaired) electrons. The third-order valence-corrected chi connectivity index (χ3v) is 2.72. The Morgan fingerprint density at radius 3 is 2.94 bits per heavy atom. The molecule has 1 amide bonds.